The van der Waals surface area contributed by atoms with Gasteiger partial charge in [-0.25, -0.2) is 4.98 Å². The number of carbonyl (C=O) groups is 1. The third-order valence-electron chi connectivity index (χ3n) is 5.18. The van der Waals surface area contributed by atoms with E-state index in [1.54, 1.807) is 19.5 Å². The van der Waals surface area contributed by atoms with Crippen LogP contribution in [0.25, 0.3) is 21.5 Å². The standard InChI is InChI=1S/C25H26N4O2S/c1-28(2)13-14-29(17-18-5-4-6-21(15-18)31-3)25(30)23-16-20-7-8-22(27-24(20)32-23)19-9-11-26-12-10-19/h4-12,15-16H,13-14,17H2,1-3H3. The third kappa shape index (κ3) is 5.12. The summed E-state index contributed by atoms with van der Waals surface area (Å²) < 4.78 is 5.35. The van der Waals surface area contributed by atoms with Crippen molar-refractivity contribution in [2.24, 2.45) is 0 Å². The van der Waals surface area contributed by atoms with Crippen molar-refractivity contribution < 1.29 is 9.53 Å². The fourth-order valence-corrected chi connectivity index (χ4v) is 4.43. The van der Waals surface area contributed by atoms with Crippen molar-refractivity contribution in [3.8, 4) is 17.0 Å². The lowest BCUT2D eigenvalue weighted by Gasteiger charge is -2.24. The topological polar surface area (TPSA) is 58.6 Å². The van der Waals surface area contributed by atoms with E-state index in [1.165, 1.54) is 11.3 Å². The van der Waals surface area contributed by atoms with E-state index in [9.17, 15) is 4.79 Å². The Balaban J connectivity index is 1.61. The number of carbonyl (C=O) groups excluding carboxylic acids is 1. The zero-order valence-corrected chi connectivity index (χ0v) is 19.3. The lowest BCUT2D eigenvalue weighted by molar-refractivity contribution is 0.0737. The number of methoxy groups -OCH3 is 1. The summed E-state index contributed by atoms with van der Waals surface area (Å²) in [6.07, 6.45) is 3.51. The second-order valence-corrected chi connectivity index (χ2v) is 8.85. The number of fused-ring (bicyclic) bond motifs is 1. The molecule has 3 aromatic heterocycles. The van der Waals surface area contributed by atoms with Gasteiger partial charge in [0.25, 0.3) is 5.91 Å². The molecule has 0 aliphatic carbocycles. The van der Waals surface area contributed by atoms with Crippen molar-refractivity contribution in [3.05, 3.63) is 77.4 Å². The molecule has 0 aliphatic heterocycles. The summed E-state index contributed by atoms with van der Waals surface area (Å²) in [4.78, 5) is 27.9. The second-order valence-electron chi connectivity index (χ2n) is 7.82. The Bertz CT molecular complexity index is 1210. The van der Waals surface area contributed by atoms with Crippen LogP contribution in [-0.4, -0.2) is 60.0 Å². The molecule has 3 heterocycles. The average Bonchev–Trinajstić information content (AvgIpc) is 3.25. The fourth-order valence-electron chi connectivity index (χ4n) is 3.43. The predicted octanol–water partition coefficient (Wildman–Crippen LogP) is 4.57. The fraction of sp³-hybridized carbons (Fsp3) is 0.240. The molecule has 4 aromatic rings. The summed E-state index contributed by atoms with van der Waals surface area (Å²) in [5.41, 5.74) is 2.92. The van der Waals surface area contributed by atoms with Crippen LogP contribution in [0.1, 0.15) is 15.2 Å². The number of aromatic nitrogens is 2. The number of hydrogen-bond acceptors (Lipinski definition) is 6. The first kappa shape index (κ1) is 21.9. The first-order chi connectivity index (χ1) is 15.5. The van der Waals surface area contributed by atoms with Crippen LogP contribution in [0.15, 0.2) is 67.0 Å². The molecule has 1 amide bonds. The maximum Gasteiger partial charge on any atom is 0.264 e. The van der Waals surface area contributed by atoms with Crippen LogP contribution < -0.4 is 4.74 Å². The molecule has 0 fully saturated rings. The zero-order valence-electron chi connectivity index (χ0n) is 18.5. The number of thiophene rings is 1. The van der Waals surface area contributed by atoms with Gasteiger partial charge in [-0.1, -0.05) is 12.1 Å². The number of amides is 1. The molecule has 0 unspecified atom stereocenters. The quantitative estimate of drug-likeness (QED) is 0.397. The SMILES string of the molecule is COc1cccc(CN(CCN(C)C)C(=O)c2cc3ccc(-c4ccncc4)nc3s2)c1. The van der Waals surface area contributed by atoms with Crippen LogP contribution in [0.4, 0.5) is 0 Å². The van der Waals surface area contributed by atoms with E-state index < -0.39 is 0 Å². The van der Waals surface area contributed by atoms with Crippen LogP contribution in [0.2, 0.25) is 0 Å². The normalized spacial score (nSPS) is 11.1. The van der Waals surface area contributed by atoms with Gasteiger partial charge in [-0.05, 0) is 62.1 Å². The molecule has 0 atom stereocenters. The number of pyridine rings is 2. The van der Waals surface area contributed by atoms with Crippen LogP contribution in [0.5, 0.6) is 5.75 Å². The molecule has 0 spiro atoms. The van der Waals surface area contributed by atoms with Gasteiger partial charge >= 0.3 is 0 Å². The van der Waals surface area contributed by atoms with Gasteiger partial charge in [0, 0.05) is 43.0 Å². The van der Waals surface area contributed by atoms with E-state index in [0.717, 1.165) is 39.3 Å². The lowest BCUT2D eigenvalue weighted by Crippen LogP contribution is -2.35. The Hall–Kier alpha value is -3.29. The van der Waals surface area contributed by atoms with E-state index in [0.29, 0.717) is 18.0 Å². The molecule has 0 radical (unpaired) electrons. The molecule has 0 saturated carbocycles. The Morgan fingerprint density at radius 1 is 1.03 bits per heavy atom. The molecule has 32 heavy (non-hydrogen) atoms. The third-order valence-corrected chi connectivity index (χ3v) is 6.21. The van der Waals surface area contributed by atoms with Gasteiger partial charge in [-0.3, -0.25) is 9.78 Å². The highest BCUT2D eigenvalue weighted by atomic mass is 32.1. The predicted molar refractivity (Wildman–Crippen MR) is 129 cm³/mol. The molecule has 0 saturated heterocycles. The minimum absolute atomic E-state index is 0.0168. The van der Waals surface area contributed by atoms with Gasteiger partial charge in [0.2, 0.25) is 0 Å². The Kier molecular flexibility index (Phi) is 6.78. The number of hydrogen-bond donors (Lipinski definition) is 0. The van der Waals surface area contributed by atoms with E-state index >= 15 is 0 Å². The first-order valence-corrected chi connectivity index (χ1v) is 11.2. The van der Waals surface area contributed by atoms with Gasteiger partial charge in [0.05, 0.1) is 17.7 Å². The minimum Gasteiger partial charge on any atom is -0.497 e. The van der Waals surface area contributed by atoms with Crippen LogP contribution in [-0.2, 0) is 6.54 Å². The summed E-state index contributed by atoms with van der Waals surface area (Å²) >= 11 is 1.44. The van der Waals surface area contributed by atoms with Crippen molar-refractivity contribution in [3.63, 3.8) is 0 Å². The van der Waals surface area contributed by atoms with Crippen LogP contribution in [0.3, 0.4) is 0 Å². The lowest BCUT2D eigenvalue weighted by atomic mass is 10.1. The van der Waals surface area contributed by atoms with E-state index in [4.69, 9.17) is 9.72 Å². The van der Waals surface area contributed by atoms with Gasteiger partial charge in [-0.2, -0.15) is 0 Å². The molecular formula is C25H26N4O2S. The largest absolute Gasteiger partial charge is 0.497 e. The van der Waals surface area contributed by atoms with Crippen LogP contribution in [0, 0.1) is 0 Å². The zero-order chi connectivity index (χ0) is 22.5. The van der Waals surface area contributed by atoms with Crippen molar-refractivity contribution >= 4 is 27.5 Å². The van der Waals surface area contributed by atoms with Crippen molar-refractivity contribution in [1.29, 1.82) is 0 Å². The van der Waals surface area contributed by atoms with Gasteiger partial charge in [-0.15, -0.1) is 11.3 Å². The highest BCUT2D eigenvalue weighted by Gasteiger charge is 2.20. The van der Waals surface area contributed by atoms with Gasteiger partial charge < -0.3 is 14.5 Å². The smallest absolute Gasteiger partial charge is 0.264 e. The maximum absolute atomic E-state index is 13.5. The van der Waals surface area contributed by atoms with Crippen molar-refractivity contribution in [2.45, 2.75) is 6.54 Å². The summed E-state index contributed by atoms with van der Waals surface area (Å²) in [6, 6.07) is 17.7. The van der Waals surface area contributed by atoms with E-state index in [1.807, 2.05) is 73.6 Å². The second kappa shape index (κ2) is 9.89. The summed E-state index contributed by atoms with van der Waals surface area (Å²) in [7, 11) is 5.68. The van der Waals surface area contributed by atoms with E-state index in [2.05, 4.69) is 9.88 Å². The average molecular weight is 447 g/mol. The molecule has 0 N–H and O–H groups in total. The molecule has 164 valence electrons. The van der Waals surface area contributed by atoms with Crippen LogP contribution >= 0.6 is 11.3 Å². The van der Waals surface area contributed by atoms with Crippen molar-refractivity contribution in [2.75, 3.05) is 34.3 Å². The molecular weight excluding hydrogens is 420 g/mol. The number of ether oxygens (including phenoxy) is 1. The molecule has 7 heteroatoms. The molecule has 0 aliphatic rings. The molecule has 4 rings (SSSR count). The minimum atomic E-state index is 0.0168. The number of benzene rings is 1. The number of rotatable bonds is 8. The molecule has 0 bridgehead atoms. The summed E-state index contributed by atoms with van der Waals surface area (Å²) in [5, 5.41) is 0.977. The molecule has 1 aromatic carbocycles. The Labute approximate surface area is 192 Å². The first-order valence-electron chi connectivity index (χ1n) is 10.4. The van der Waals surface area contributed by atoms with Gasteiger partial charge in [0.15, 0.2) is 0 Å². The summed E-state index contributed by atoms with van der Waals surface area (Å²) in [5.74, 6) is 0.806. The number of likely N-dealkylation sites (N-methyl/N-ethyl adjacent to an activating group) is 1. The van der Waals surface area contributed by atoms with Crippen molar-refractivity contribution in [1.82, 2.24) is 19.8 Å². The highest BCUT2D eigenvalue weighted by Crippen LogP contribution is 2.28. The summed E-state index contributed by atoms with van der Waals surface area (Å²) in [6.45, 7) is 1.94. The van der Waals surface area contributed by atoms with Gasteiger partial charge in [0.1, 0.15) is 10.6 Å². The monoisotopic (exact) mass is 446 g/mol. The highest BCUT2D eigenvalue weighted by molar-refractivity contribution is 7.20. The Morgan fingerprint density at radius 2 is 1.84 bits per heavy atom. The van der Waals surface area contributed by atoms with E-state index in [-0.39, 0.29) is 5.91 Å². The number of nitrogens with zero attached hydrogens (tertiary/aromatic N) is 4. The Morgan fingerprint density at radius 3 is 2.59 bits per heavy atom. The maximum atomic E-state index is 13.5. The molecule has 6 nitrogen and oxygen atoms in total.